The standard InChI is InChI=1S/C19H23N3O3S/c1-26(24,25)22-10-4-9-21(11-12-22)19(23)16-13-18(14-7-8-14)20-17-6-3-2-5-15(16)17/h2-3,5-6,13-14H,4,7-12H2,1H3. The molecule has 1 amide bonds. The van der Waals surface area contributed by atoms with E-state index in [2.05, 4.69) is 0 Å². The van der Waals surface area contributed by atoms with E-state index in [1.54, 1.807) is 4.90 Å². The number of para-hydroxylation sites is 1. The maximum Gasteiger partial charge on any atom is 0.254 e. The first-order chi connectivity index (χ1) is 12.4. The Morgan fingerprint density at radius 3 is 2.62 bits per heavy atom. The Bertz CT molecular complexity index is 954. The lowest BCUT2D eigenvalue weighted by atomic mass is 10.0. The predicted octanol–water partition coefficient (Wildman–Crippen LogP) is 2.22. The van der Waals surface area contributed by atoms with Crippen molar-refractivity contribution in [2.45, 2.75) is 25.2 Å². The van der Waals surface area contributed by atoms with Gasteiger partial charge in [-0.1, -0.05) is 18.2 Å². The number of amides is 1. The van der Waals surface area contributed by atoms with Gasteiger partial charge in [0, 0.05) is 43.2 Å². The summed E-state index contributed by atoms with van der Waals surface area (Å²) in [6, 6.07) is 9.70. The number of aromatic nitrogens is 1. The van der Waals surface area contributed by atoms with Crippen LogP contribution in [0.2, 0.25) is 0 Å². The summed E-state index contributed by atoms with van der Waals surface area (Å²) in [5, 5.41) is 0.867. The van der Waals surface area contributed by atoms with Crippen molar-refractivity contribution in [2.75, 3.05) is 32.4 Å². The molecule has 1 aromatic heterocycles. The molecule has 2 fully saturated rings. The molecule has 4 rings (SSSR count). The molecule has 2 aromatic rings. The molecule has 0 unspecified atom stereocenters. The van der Waals surface area contributed by atoms with Gasteiger partial charge in [0.1, 0.15) is 0 Å². The number of hydrogen-bond acceptors (Lipinski definition) is 4. The zero-order valence-electron chi connectivity index (χ0n) is 14.9. The van der Waals surface area contributed by atoms with Crippen LogP contribution in [-0.2, 0) is 10.0 Å². The molecule has 138 valence electrons. The van der Waals surface area contributed by atoms with Crippen molar-refractivity contribution in [2.24, 2.45) is 0 Å². The molecule has 1 saturated carbocycles. The Labute approximate surface area is 153 Å². The molecular weight excluding hydrogens is 350 g/mol. The van der Waals surface area contributed by atoms with Gasteiger partial charge in [0.05, 0.1) is 17.3 Å². The van der Waals surface area contributed by atoms with Gasteiger partial charge in [-0.25, -0.2) is 12.7 Å². The molecule has 6 nitrogen and oxygen atoms in total. The Hall–Kier alpha value is -1.99. The first-order valence-electron chi connectivity index (χ1n) is 9.07. The van der Waals surface area contributed by atoms with E-state index in [1.165, 1.54) is 10.6 Å². The second kappa shape index (κ2) is 6.63. The third-order valence-corrected chi connectivity index (χ3v) is 6.48. The van der Waals surface area contributed by atoms with Crippen molar-refractivity contribution < 1.29 is 13.2 Å². The van der Waals surface area contributed by atoms with Crippen LogP contribution in [-0.4, -0.2) is 60.9 Å². The normalized spacial score (nSPS) is 19.5. The van der Waals surface area contributed by atoms with Crippen LogP contribution in [0.1, 0.15) is 41.2 Å². The van der Waals surface area contributed by atoms with Crippen LogP contribution < -0.4 is 0 Å². The van der Waals surface area contributed by atoms with E-state index >= 15 is 0 Å². The Kier molecular flexibility index (Phi) is 4.44. The molecular formula is C19H23N3O3S. The summed E-state index contributed by atoms with van der Waals surface area (Å²) in [6.45, 7) is 1.80. The number of pyridine rings is 1. The molecule has 0 atom stereocenters. The number of benzene rings is 1. The maximum atomic E-state index is 13.2. The Morgan fingerprint density at radius 2 is 1.88 bits per heavy atom. The van der Waals surface area contributed by atoms with Gasteiger partial charge in [0.25, 0.3) is 5.91 Å². The smallest absolute Gasteiger partial charge is 0.254 e. The molecule has 0 N–H and O–H groups in total. The molecule has 1 aromatic carbocycles. The van der Waals surface area contributed by atoms with Crippen molar-refractivity contribution in [1.29, 1.82) is 0 Å². The van der Waals surface area contributed by atoms with Crippen LogP contribution in [0.15, 0.2) is 30.3 Å². The van der Waals surface area contributed by atoms with Crippen LogP contribution >= 0.6 is 0 Å². The molecule has 0 radical (unpaired) electrons. The largest absolute Gasteiger partial charge is 0.337 e. The molecule has 26 heavy (non-hydrogen) atoms. The van der Waals surface area contributed by atoms with E-state index in [-0.39, 0.29) is 5.91 Å². The number of carbonyl (C=O) groups is 1. The molecule has 2 heterocycles. The van der Waals surface area contributed by atoms with Gasteiger partial charge >= 0.3 is 0 Å². The Balaban J connectivity index is 1.65. The minimum Gasteiger partial charge on any atom is -0.337 e. The zero-order chi connectivity index (χ0) is 18.3. The molecule has 0 bridgehead atoms. The maximum absolute atomic E-state index is 13.2. The lowest BCUT2D eigenvalue weighted by Crippen LogP contribution is -2.37. The van der Waals surface area contributed by atoms with Crippen molar-refractivity contribution in [3.05, 3.63) is 41.6 Å². The van der Waals surface area contributed by atoms with Crippen molar-refractivity contribution >= 4 is 26.8 Å². The predicted molar refractivity (Wildman–Crippen MR) is 101 cm³/mol. The van der Waals surface area contributed by atoms with E-state index in [0.29, 0.717) is 44.1 Å². The summed E-state index contributed by atoms with van der Waals surface area (Å²) in [5.41, 5.74) is 2.54. The fraction of sp³-hybridized carbons (Fsp3) is 0.474. The highest BCUT2D eigenvalue weighted by Gasteiger charge is 2.29. The molecule has 2 aliphatic rings. The van der Waals surface area contributed by atoms with E-state index < -0.39 is 10.0 Å². The average molecular weight is 373 g/mol. The number of fused-ring (bicyclic) bond motifs is 1. The number of nitrogens with zero attached hydrogens (tertiary/aromatic N) is 3. The third kappa shape index (κ3) is 3.46. The van der Waals surface area contributed by atoms with Crippen LogP contribution in [0, 0.1) is 0 Å². The van der Waals surface area contributed by atoms with Crippen LogP contribution in [0.4, 0.5) is 0 Å². The van der Waals surface area contributed by atoms with E-state index in [9.17, 15) is 13.2 Å². The fourth-order valence-corrected chi connectivity index (χ4v) is 4.43. The molecule has 1 aliphatic carbocycles. The first kappa shape index (κ1) is 17.4. The second-order valence-electron chi connectivity index (χ2n) is 7.19. The number of carbonyl (C=O) groups excluding carboxylic acids is 1. The highest BCUT2D eigenvalue weighted by molar-refractivity contribution is 7.88. The summed E-state index contributed by atoms with van der Waals surface area (Å²) in [5.74, 6) is 0.442. The Morgan fingerprint density at radius 1 is 1.12 bits per heavy atom. The van der Waals surface area contributed by atoms with Gasteiger partial charge in [-0.05, 0) is 31.4 Å². The summed E-state index contributed by atoms with van der Waals surface area (Å²) in [7, 11) is -3.22. The van der Waals surface area contributed by atoms with Crippen molar-refractivity contribution in [1.82, 2.24) is 14.2 Å². The minimum absolute atomic E-state index is 0.0270. The van der Waals surface area contributed by atoms with Gasteiger partial charge in [-0.3, -0.25) is 9.78 Å². The summed E-state index contributed by atoms with van der Waals surface area (Å²) in [6.07, 6.45) is 4.14. The van der Waals surface area contributed by atoms with E-state index in [0.717, 1.165) is 29.4 Å². The lowest BCUT2D eigenvalue weighted by Gasteiger charge is -2.22. The van der Waals surface area contributed by atoms with Gasteiger partial charge in [0.15, 0.2) is 0 Å². The topological polar surface area (TPSA) is 70.6 Å². The molecule has 1 saturated heterocycles. The number of hydrogen-bond donors (Lipinski definition) is 0. The molecule has 1 aliphatic heterocycles. The molecule has 7 heteroatoms. The van der Waals surface area contributed by atoms with Crippen molar-refractivity contribution in [3.63, 3.8) is 0 Å². The van der Waals surface area contributed by atoms with Gasteiger partial charge in [-0.2, -0.15) is 0 Å². The fourth-order valence-electron chi connectivity index (χ4n) is 3.56. The quantitative estimate of drug-likeness (QED) is 0.827. The number of rotatable bonds is 3. The van der Waals surface area contributed by atoms with Gasteiger partial charge in [-0.15, -0.1) is 0 Å². The van der Waals surface area contributed by atoms with Crippen LogP contribution in [0.5, 0.6) is 0 Å². The van der Waals surface area contributed by atoms with Crippen LogP contribution in [0.25, 0.3) is 10.9 Å². The first-order valence-corrected chi connectivity index (χ1v) is 10.9. The lowest BCUT2D eigenvalue weighted by molar-refractivity contribution is 0.0766. The highest BCUT2D eigenvalue weighted by atomic mass is 32.2. The van der Waals surface area contributed by atoms with Gasteiger partial charge < -0.3 is 4.90 Å². The van der Waals surface area contributed by atoms with E-state index in [1.807, 2.05) is 30.3 Å². The second-order valence-corrected chi connectivity index (χ2v) is 9.18. The van der Waals surface area contributed by atoms with Crippen LogP contribution in [0.3, 0.4) is 0 Å². The van der Waals surface area contributed by atoms with Gasteiger partial charge in [0.2, 0.25) is 10.0 Å². The highest BCUT2D eigenvalue weighted by Crippen LogP contribution is 2.40. The summed E-state index contributed by atoms with van der Waals surface area (Å²) >= 11 is 0. The zero-order valence-corrected chi connectivity index (χ0v) is 15.7. The SMILES string of the molecule is CS(=O)(=O)N1CCCN(C(=O)c2cc(C3CC3)nc3ccccc23)CC1. The average Bonchev–Trinajstić information content (AvgIpc) is 3.45. The van der Waals surface area contributed by atoms with Crippen molar-refractivity contribution in [3.8, 4) is 0 Å². The summed E-state index contributed by atoms with van der Waals surface area (Å²) in [4.78, 5) is 19.8. The summed E-state index contributed by atoms with van der Waals surface area (Å²) < 4.78 is 25.1. The number of sulfonamides is 1. The third-order valence-electron chi connectivity index (χ3n) is 5.17. The minimum atomic E-state index is -3.22. The van der Waals surface area contributed by atoms with E-state index in [4.69, 9.17) is 4.98 Å². The molecule has 0 spiro atoms. The monoisotopic (exact) mass is 373 g/mol.